The highest BCUT2D eigenvalue weighted by Crippen LogP contribution is 2.42. The van der Waals surface area contributed by atoms with Crippen LogP contribution in [0, 0.1) is 0 Å². The fraction of sp³-hybridized carbons (Fsp3) is 0.111. The fourth-order valence-electron chi connectivity index (χ4n) is 2.55. The van der Waals surface area contributed by atoms with E-state index in [1.54, 1.807) is 20.3 Å². The van der Waals surface area contributed by atoms with Gasteiger partial charge in [0, 0.05) is 11.1 Å². The Labute approximate surface area is 123 Å². The van der Waals surface area contributed by atoms with Crippen LogP contribution < -0.4 is 9.47 Å². The maximum Gasteiger partial charge on any atom is 0.127 e. The summed E-state index contributed by atoms with van der Waals surface area (Å²) in [6, 6.07) is 17.1. The van der Waals surface area contributed by atoms with Crippen LogP contribution in [0.15, 0.2) is 54.6 Å². The SMILES string of the molecule is COc1ccc(OC)c(-c2c(O)ccc3ccccc23)c1. The number of ether oxygens (including phenoxy) is 2. The summed E-state index contributed by atoms with van der Waals surface area (Å²) in [4.78, 5) is 0. The van der Waals surface area contributed by atoms with Crippen molar-refractivity contribution in [1.82, 2.24) is 0 Å². The Balaban J connectivity index is 2.36. The van der Waals surface area contributed by atoms with Gasteiger partial charge in [-0.3, -0.25) is 0 Å². The number of hydrogen-bond acceptors (Lipinski definition) is 3. The minimum absolute atomic E-state index is 0.222. The normalized spacial score (nSPS) is 10.6. The predicted molar refractivity (Wildman–Crippen MR) is 84.2 cm³/mol. The van der Waals surface area contributed by atoms with Crippen LogP contribution in [0.25, 0.3) is 21.9 Å². The summed E-state index contributed by atoms with van der Waals surface area (Å²) in [5.74, 6) is 1.64. The van der Waals surface area contributed by atoms with Crippen molar-refractivity contribution >= 4 is 10.8 Å². The van der Waals surface area contributed by atoms with Crippen LogP contribution in [-0.4, -0.2) is 19.3 Å². The highest BCUT2D eigenvalue weighted by molar-refractivity contribution is 6.01. The first-order chi connectivity index (χ1) is 10.2. The van der Waals surface area contributed by atoms with Crippen molar-refractivity contribution in [1.29, 1.82) is 0 Å². The third kappa shape index (κ3) is 2.27. The molecule has 0 aromatic heterocycles. The van der Waals surface area contributed by atoms with E-state index in [9.17, 15) is 5.11 Å². The van der Waals surface area contributed by atoms with Crippen LogP contribution in [0.2, 0.25) is 0 Å². The van der Waals surface area contributed by atoms with Crippen LogP contribution >= 0.6 is 0 Å². The number of phenolic OH excluding ortho intramolecular Hbond substituents is 1. The van der Waals surface area contributed by atoms with E-state index in [0.29, 0.717) is 5.75 Å². The molecule has 3 heteroatoms. The lowest BCUT2D eigenvalue weighted by atomic mass is 9.96. The molecule has 0 heterocycles. The summed E-state index contributed by atoms with van der Waals surface area (Å²) >= 11 is 0. The molecule has 21 heavy (non-hydrogen) atoms. The van der Waals surface area contributed by atoms with E-state index in [2.05, 4.69) is 0 Å². The van der Waals surface area contributed by atoms with Gasteiger partial charge >= 0.3 is 0 Å². The van der Waals surface area contributed by atoms with E-state index >= 15 is 0 Å². The Morgan fingerprint density at radius 2 is 1.67 bits per heavy atom. The smallest absolute Gasteiger partial charge is 0.127 e. The molecule has 3 aromatic carbocycles. The van der Waals surface area contributed by atoms with Gasteiger partial charge in [0.25, 0.3) is 0 Å². The minimum atomic E-state index is 0.222. The molecule has 0 saturated carbocycles. The zero-order valence-corrected chi connectivity index (χ0v) is 12.0. The van der Waals surface area contributed by atoms with Gasteiger partial charge < -0.3 is 14.6 Å². The van der Waals surface area contributed by atoms with Gasteiger partial charge in [-0.1, -0.05) is 30.3 Å². The molecule has 0 aliphatic carbocycles. The molecular formula is C18H16O3. The standard InChI is InChI=1S/C18H16O3/c1-20-13-8-10-17(21-2)15(11-13)18-14-6-4-3-5-12(14)7-9-16(18)19/h3-11,19H,1-2H3. The minimum Gasteiger partial charge on any atom is -0.507 e. The molecule has 0 saturated heterocycles. The second-order valence-corrected chi connectivity index (χ2v) is 4.75. The molecule has 0 unspecified atom stereocenters. The Kier molecular flexibility index (Phi) is 3.40. The van der Waals surface area contributed by atoms with Crippen LogP contribution in [0.5, 0.6) is 17.2 Å². The van der Waals surface area contributed by atoms with Gasteiger partial charge in [0.05, 0.1) is 14.2 Å². The van der Waals surface area contributed by atoms with Gasteiger partial charge in [-0.2, -0.15) is 0 Å². The topological polar surface area (TPSA) is 38.7 Å². The average Bonchev–Trinajstić information content (AvgIpc) is 2.54. The van der Waals surface area contributed by atoms with Crippen LogP contribution in [-0.2, 0) is 0 Å². The number of hydrogen-bond donors (Lipinski definition) is 1. The van der Waals surface area contributed by atoms with E-state index in [4.69, 9.17) is 9.47 Å². The molecule has 3 nitrogen and oxygen atoms in total. The molecule has 0 atom stereocenters. The van der Waals surface area contributed by atoms with Crippen molar-refractivity contribution in [3.8, 4) is 28.4 Å². The Bertz CT molecular complexity index is 794. The molecule has 106 valence electrons. The zero-order chi connectivity index (χ0) is 14.8. The van der Waals surface area contributed by atoms with Gasteiger partial charge in [0.2, 0.25) is 0 Å². The zero-order valence-electron chi connectivity index (χ0n) is 12.0. The van der Waals surface area contributed by atoms with Crippen molar-refractivity contribution in [2.24, 2.45) is 0 Å². The number of phenols is 1. The van der Waals surface area contributed by atoms with E-state index in [0.717, 1.165) is 27.6 Å². The lowest BCUT2D eigenvalue weighted by Crippen LogP contribution is -1.91. The molecule has 0 aliphatic heterocycles. The Hall–Kier alpha value is -2.68. The van der Waals surface area contributed by atoms with Gasteiger partial charge in [0.15, 0.2) is 0 Å². The number of benzene rings is 3. The molecule has 0 amide bonds. The lowest BCUT2D eigenvalue weighted by Gasteiger charge is -2.14. The quantitative estimate of drug-likeness (QED) is 0.780. The number of rotatable bonds is 3. The van der Waals surface area contributed by atoms with Crippen molar-refractivity contribution in [2.45, 2.75) is 0 Å². The number of aromatic hydroxyl groups is 1. The van der Waals surface area contributed by atoms with Crippen molar-refractivity contribution in [3.63, 3.8) is 0 Å². The maximum atomic E-state index is 10.3. The first kappa shape index (κ1) is 13.3. The van der Waals surface area contributed by atoms with Crippen molar-refractivity contribution in [3.05, 3.63) is 54.6 Å². The molecule has 0 radical (unpaired) electrons. The van der Waals surface area contributed by atoms with Crippen LogP contribution in [0.4, 0.5) is 0 Å². The summed E-state index contributed by atoms with van der Waals surface area (Å²) in [6.45, 7) is 0. The largest absolute Gasteiger partial charge is 0.507 e. The average molecular weight is 280 g/mol. The van der Waals surface area contributed by atoms with E-state index in [-0.39, 0.29) is 5.75 Å². The fourth-order valence-corrected chi connectivity index (χ4v) is 2.55. The molecule has 0 fully saturated rings. The molecule has 0 bridgehead atoms. The monoisotopic (exact) mass is 280 g/mol. The van der Waals surface area contributed by atoms with Crippen LogP contribution in [0.1, 0.15) is 0 Å². The van der Waals surface area contributed by atoms with Gasteiger partial charge in [-0.05, 0) is 35.0 Å². The summed E-state index contributed by atoms with van der Waals surface area (Å²) in [5.41, 5.74) is 1.56. The molecule has 0 spiro atoms. The van der Waals surface area contributed by atoms with Gasteiger partial charge in [0.1, 0.15) is 17.2 Å². The highest BCUT2D eigenvalue weighted by Gasteiger charge is 2.14. The summed E-state index contributed by atoms with van der Waals surface area (Å²) in [7, 11) is 3.24. The third-order valence-electron chi connectivity index (χ3n) is 3.58. The summed E-state index contributed by atoms with van der Waals surface area (Å²) in [5, 5.41) is 12.4. The maximum absolute atomic E-state index is 10.3. The van der Waals surface area contributed by atoms with E-state index in [1.807, 2.05) is 48.5 Å². The second-order valence-electron chi connectivity index (χ2n) is 4.75. The van der Waals surface area contributed by atoms with Gasteiger partial charge in [-0.25, -0.2) is 0 Å². The molecule has 1 N–H and O–H groups in total. The van der Waals surface area contributed by atoms with E-state index in [1.165, 1.54) is 0 Å². The second kappa shape index (κ2) is 5.37. The Morgan fingerprint density at radius 1 is 0.857 bits per heavy atom. The van der Waals surface area contributed by atoms with Crippen molar-refractivity contribution < 1.29 is 14.6 Å². The number of methoxy groups -OCH3 is 2. The lowest BCUT2D eigenvalue weighted by molar-refractivity contribution is 0.404. The highest BCUT2D eigenvalue weighted by atomic mass is 16.5. The Morgan fingerprint density at radius 3 is 2.43 bits per heavy atom. The third-order valence-corrected chi connectivity index (χ3v) is 3.58. The molecule has 3 aromatic rings. The van der Waals surface area contributed by atoms with Gasteiger partial charge in [-0.15, -0.1) is 0 Å². The first-order valence-corrected chi connectivity index (χ1v) is 6.67. The van der Waals surface area contributed by atoms with Crippen molar-refractivity contribution in [2.75, 3.05) is 14.2 Å². The van der Waals surface area contributed by atoms with Crippen LogP contribution in [0.3, 0.4) is 0 Å². The summed E-state index contributed by atoms with van der Waals surface area (Å²) in [6.07, 6.45) is 0. The molecule has 0 aliphatic rings. The molecular weight excluding hydrogens is 264 g/mol. The number of fused-ring (bicyclic) bond motifs is 1. The first-order valence-electron chi connectivity index (χ1n) is 6.67. The molecule has 3 rings (SSSR count). The summed E-state index contributed by atoms with van der Waals surface area (Å²) < 4.78 is 10.7. The van der Waals surface area contributed by atoms with E-state index < -0.39 is 0 Å². The predicted octanol–water partition coefficient (Wildman–Crippen LogP) is 4.23.